The fraction of sp³-hybridized carbons (Fsp3) is 0. The van der Waals surface area contributed by atoms with Crippen LogP contribution >= 0.6 is 0 Å². The molecule has 0 spiro atoms. The van der Waals surface area contributed by atoms with Gasteiger partial charge in [0.25, 0.3) is 0 Å². The van der Waals surface area contributed by atoms with Crippen molar-refractivity contribution >= 4 is 65.6 Å². The molecule has 0 radical (unpaired) electrons. The third-order valence-corrected chi connectivity index (χ3v) is 11.2. The molecule has 4 aromatic heterocycles. The lowest BCUT2D eigenvalue weighted by molar-refractivity contribution is 0.669. The quantitative estimate of drug-likeness (QED) is 0.177. The third kappa shape index (κ3) is 4.81. The summed E-state index contributed by atoms with van der Waals surface area (Å²) in [4.78, 5) is 15.7. The third-order valence-electron chi connectivity index (χ3n) is 11.2. The summed E-state index contributed by atoms with van der Waals surface area (Å²) in [6.07, 6.45) is 0. The normalized spacial score (nSPS) is 11.9. The molecule has 0 saturated carbocycles. The van der Waals surface area contributed by atoms with Crippen LogP contribution in [0, 0.1) is 0 Å². The molecule has 0 fully saturated rings. The second-order valence-corrected chi connectivity index (χ2v) is 14.4. The SMILES string of the molecule is c1ccc(-c2nc(-c3cccc4oc5ccccc5c34)nc(-c3cccc4c3c3ccccc3n4-c3ccc4c5ccccc5n(-c5ccccc5)c4c3)n2)cc1. The van der Waals surface area contributed by atoms with Crippen LogP contribution in [0.1, 0.15) is 0 Å². The van der Waals surface area contributed by atoms with E-state index in [1.807, 2.05) is 60.7 Å². The monoisotopic (exact) mass is 729 g/mol. The number of aromatic nitrogens is 5. The van der Waals surface area contributed by atoms with Gasteiger partial charge in [0, 0.05) is 60.4 Å². The van der Waals surface area contributed by atoms with Crippen LogP contribution in [-0.2, 0) is 0 Å². The van der Waals surface area contributed by atoms with Gasteiger partial charge in [-0.2, -0.15) is 0 Å². The van der Waals surface area contributed by atoms with Crippen LogP contribution in [0.5, 0.6) is 0 Å². The zero-order valence-corrected chi connectivity index (χ0v) is 30.5. The summed E-state index contributed by atoms with van der Waals surface area (Å²) in [5, 5.41) is 6.66. The van der Waals surface area contributed by atoms with E-state index in [1.165, 1.54) is 16.3 Å². The van der Waals surface area contributed by atoms with E-state index in [9.17, 15) is 0 Å². The number of benzene rings is 8. The van der Waals surface area contributed by atoms with Crippen LogP contribution in [0.3, 0.4) is 0 Å². The topological polar surface area (TPSA) is 61.7 Å². The number of nitrogens with zero attached hydrogens (tertiary/aromatic N) is 5. The van der Waals surface area contributed by atoms with Crippen molar-refractivity contribution in [2.45, 2.75) is 0 Å². The van der Waals surface area contributed by atoms with Crippen molar-refractivity contribution in [3.63, 3.8) is 0 Å². The van der Waals surface area contributed by atoms with Gasteiger partial charge in [0.15, 0.2) is 17.5 Å². The van der Waals surface area contributed by atoms with E-state index >= 15 is 0 Å². The smallest absolute Gasteiger partial charge is 0.164 e. The summed E-state index contributed by atoms with van der Waals surface area (Å²) in [6, 6.07) is 65.6. The standard InChI is InChI=1S/C51H31N5O/c1-3-15-32(16-4-1)49-52-50(54-51(53-49)40-23-14-28-46-48(40)38-21-9-12-27-45(38)57-46)39-22-13-26-43-47(39)37-20-8-11-25-42(37)56(43)34-29-30-36-35-19-7-10-24-41(35)55(44(36)31-34)33-17-5-2-6-18-33/h1-31H. The highest BCUT2D eigenvalue weighted by atomic mass is 16.3. The Balaban J connectivity index is 1.12. The first-order valence-corrected chi connectivity index (χ1v) is 19.1. The highest BCUT2D eigenvalue weighted by molar-refractivity contribution is 6.16. The van der Waals surface area contributed by atoms with Gasteiger partial charge >= 0.3 is 0 Å². The highest BCUT2D eigenvalue weighted by Crippen LogP contribution is 2.41. The van der Waals surface area contributed by atoms with E-state index in [0.29, 0.717) is 17.5 Å². The number of hydrogen-bond acceptors (Lipinski definition) is 4. The van der Waals surface area contributed by atoms with Crippen LogP contribution in [0.2, 0.25) is 0 Å². The molecule has 0 unspecified atom stereocenters. The van der Waals surface area contributed by atoms with Gasteiger partial charge in [-0.15, -0.1) is 0 Å². The predicted molar refractivity (Wildman–Crippen MR) is 232 cm³/mol. The van der Waals surface area contributed by atoms with Crippen molar-refractivity contribution in [3.8, 4) is 45.5 Å². The summed E-state index contributed by atoms with van der Waals surface area (Å²) in [5.41, 5.74) is 11.1. The van der Waals surface area contributed by atoms with Gasteiger partial charge in [0.05, 0.1) is 22.1 Å². The summed E-state index contributed by atoms with van der Waals surface area (Å²) < 4.78 is 11.0. The second-order valence-electron chi connectivity index (χ2n) is 14.4. The molecule has 0 amide bonds. The van der Waals surface area contributed by atoms with Gasteiger partial charge < -0.3 is 13.6 Å². The van der Waals surface area contributed by atoms with Crippen LogP contribution in [0.4, 0.5) is 0 Å². The molecule has 266 valence electrons. The summed E-state index contributed by atoms with van der Waals surface area (Å²) in [7, 11) is 0. The van der Waals surface area contributed by atoms with Crippen LogP contribution < -0.4 is 0 Å². The highest BCUT2D eigenvalue weighted by Gasteiger charge is 2.22. The summed E-state index contributed by atoms with van der Waals surface area (Å²) >= 11 is 0. The molecule has 0 atom stereocenters. The fourth-order valence-electron chi connectivity index (χ4n) is 8.73. The maximum atomic E-state index is 6.30. The Morgan fingerprint density at radius 2 is 0.877 bits per heavy atom. The molecule has 0 N–H and O–H groups in total. The first-order valence-electron chi connectivity index (χ1n) is 19.1. The zero-order valence-electron chi connectivity index (χ0n) is 30.5. The predicted octanol–water partition coefficient (Wildman–Crippen LogP) is 13.0. The largest absolute Gasteiger partial charge is 0.456 e. The molecule has 12 rings (SSSR count). The molecule has 0 aliphatic carbocycles. The summed E-state index contributed by atoms with van der Waals surface area (Å²) in [5.74, 6) is 1.81. The van der Waals surface area contributed by atoms with E-state index in [4.69, 9.17) is 19.4 Å². The average molecular weight is 730 g/mol. The Kier molecular flexibility index (Phi) is 6.83. The first-order chi connectivity index (χ1) is 28.3. The van der Waals surface area contributed by atoms with Crippen molar-refractivity contribution < 1.29 is 4.42 Å². The molecular formula is C51H31N5O. The molecule has 4 heterocycles. The van der Waals surface area contributed by atoms with Crippen LogP contribution in [-0.4, -0.2) is 24.1 Å². The molecule has 57 heavy (non-hydrogen) atoms. The Morgan fingerprint density at radius 1 is 0.333 bits per heavy atom. The molecule has 12 aromatic rings. The average Bonchev–Trinajstić information content (AvgIpc) is 3.94. The Morgan fingerprint density at radius 3 is 1.67 bits per heavy atom. The minimum absolute atomic E-state index is 0.593. The number of hydrogen-bond donors (Lipinski definition) is 0. The molecule has 0 saturated heterocycles. The van der Waals surface area contributed by atoms with Crippen LogP contribution in [0.15, 0.2) is 192 Å². The van der Waals surface area contributed by atoms with E-state index in [0.717, 1.165) is 77.3 Å². The van der Waals surface area contributed by atoms with Gasteiger partial charge in [-0.05, 0) is 54.6 Å². The van der Waals surface area contributed by atoms with Gasteiger partial charge in [-0.25, -0.2) is 15.0 Å². The van der Waals surface area contributed by atoms with E-state index < -0.39 is 0 Å². The van der Waals surface area contributed by atoms with Crippen molar-refractivity contribution in [2.75, 3.05) is 0 Å². The second kappa shape index (κ2) is 12.3. The lowest BCUT2D eigenvalue weighted by Gasteiger charge is -2.12. The van der Waals surface area contributed by atoms with Crippen molar-refractivity contribution in [1.82, 2.24) is 24.1 Å². The molecule has 6 heteroatoms. The Bertz CT molecular complexity index is 3520. The van der Waals surface area contributed by atoms with Gasteiger partial charge in [-0.1, -0.05) is 133 Å². The van der Waals surface area contributed by atoms with Crippen molar-refractivity contribution in [2.24, 2.45) is 0 Å². The lowest BCUT2D eigenvalue weighted by Crippen LogP contribution is -2.01. The zero-order chi connectivity index (χ0) is 37.5. The molecule has 8 aromatic carbocycles. The van der Waals surface area contributed by atoms with Gasteiger partial charge in [0.2, 0.25) is 0 Å². The van der Waals surface area contributed by atoms with Gasteiger partial charge in [-0.3, -0.25) is 0 Å². The van der Waals surface area contributed by atoms with E-state index in [-0.39, 0.29) is 0 Å². The maximum Gasteiger partial charge on any atom is 0.164 e. The molecule has 0 bridgehead atoms. The molecule has 0 aliphatic rings. The first kappa shape index (κ1) is 31.5. The minimum Gasteiger partial charge on any atom is -0.456 e. The van der Waals surface area contributed by atoms with E-state index in [1.54, 1.807) is 0 Å². The molecule has 0 aliphatic heterocycles. The number of furan rings is 1. The van der Waals surface area contributed by atoms with Crippen molar-refractivity contribution in [1.29, 1.82) is 0 Å². The van der Waals surface area contributed by atoms with Gasteiger partial charge in [0.1, 0.15) is 11.2 Å². The summed E-state index contributed by atoms with van der Waals surface area (Å²) in [6.45, 7) is 0. The minimum atomic E-state index is 0.593. The maximum absolute atomic E-state index is 6.30. The fourth-order valence-corrected chi connectivity index (χ4v) is 8.73. The molecule has 6 nitrogen and oxygen atoms in total. The number of para-hydroxylation sites is 4. The Labute approximate surface area is 326 Å². The van der Waals surface area contributed by atoms with Crippen molar-refractivity contribution in [3.05, 3.63) is 188 Å². The number of rotatable bonds is 5. The van der Waals surface area contributed by atoms with E-state index in [2.05, 4.69) is 137 Å². The van der Waals surface area contributed by atoms with Crippen LogP contribution in [0.25, 0.3) is 111 Å². The number of fused-ring (bicyclic) bond motifs is 9. The lowest BCUT2D eigenvalue weighted by atomic mass is 10.0. The molecular weight excluding hydrogens is 699 g/mol. The Hall–Kier alpha value is -7.83.